The quantitative estimate of drug-likeness (QED) is 0.733. The van der Waals surface area contributed by atoms with Crippen molar-refractivity contribution in [2.75, 3.05) is 11.5 Å². The molecule has 7 nitrogen and oxygen atoms in total. The molecule has 1 rings (SSSR count). The number of aryl methyl sites for hydroxylation is 1. The number of sulfone groups is 1. The van der Waals surface area contributed by atoms with Crippen molar-refractivity contribution in [3.05, 3.63) is 18.1 Å². The summed E-state index contributed by atoms with van der Waals surface area (Å²) < 4.78 is 44.7. The van der Waals surface area contributed by atoms with Gasteiger partial charge in [0.25, 0.3) is 0 Å². The number of nitrogens with zero attached hydrogens (tertiary/aromatic N) is 2. The topological polar surface area (TPSA) is 120 Å². The molecule has 16 heavy (non-hydrogen) atoms. The summed E-state index contributed by atoms with van der Waals surface area (Å²) in [5, 5.41) is 4.52. The van der Waals surface area contributed by atoms with Crippen LogP contribution in [0.2, 0.25) is 0 Å². The van der Waals surface area contributed by atoms with Gasteiger partial charge in [0.2, 0.25) is 10.0 Å². The highest BCUT2D eigenvalue weighted by Gasteiger charge is 2.21. The zero-order valence-corrected chi connectivity index (χ0v) is 10.1. The summed E-state index contributed by atoms with van der Waals surface area (Å²) in [5.41, 5.74) is 0.233. The maximum Gasteiger partial charge on any atom is 0.210 e. The lowest BCUT2D eigenvalue weighted by Gasteiger charge is -2.04. The molecule has 1 aromatic rings. The minimum absolute atomic E-state index is 0.210. The molecule has 0 unspecified atom stereocenters. The Morgan fingerprint density at radius 2 is 1.69 bits per heavy atom. The summed E-state index contributed by atoms with van der Waals surface area (Å²) in [4.78, 5) is 7.43. The van der Waals surface area contributed by atoms with Crippen molar-refractivity contribution < 1.29 is 16.8 Å². The summed E-state index contributed by atoms with van der Waals surface area (Å²) >= 11 is 0. The van der Waals surface area contributed by atoms with Gasteiger partial charge < -0.3 is 0 Å². The highest BCUT2D eigenvalue weighted by molar-refractivity contribution is 7.94. The van der Waals surface area contributed by atoms with Crippen molar-refractivity contribution in [2.24, 2.45) is 5.14 Å². The van der Waals surface area contributed by atoms with E-state index < -0.39 is 31.4 Å². The number of nitrogens with two attached hydrogens (primary N) is 1. The number of primary sulfonamides is 1. The molecule has 0 aliphatic rings. The minimum atomic E-state index is -3.81. The van der Waals surface area contributed by atoms with Gasteiger partial charge in [0.05, 0.1) is 17.2 Å². The van der Waals surface area contributed by atoms with Crippen molar-refractivity contribution in [1.29, 1.82) is 0 Å². The monoisotopic (exact) mass is 265 g/mol. The van der Waals surface area contributed by atoms with E-state index in [-0.39, 0.29) is 10.7 Å². The smallest absolute Gasteiger partial charge is 0.210 e. The standard InChI is InChI=1S/C7H11N3O4S2/c1-6-7(10-3-2-9-6)15(11,12)4-5-16(8,13)14/h2-3H,4-5H2,1H3,(H2,8,13,14). The molecule has 0 aromatic carbocycles. The number of sulfonamides is 1. The van der Waals surface area contributed by atoms with Crippen LogP contribution in [0.25, 0.3) is 0 Å². The fourth-order valence-electron chi connectivity index (χ4n) is 1.02. The van der Waals surface area contributed by atoms with Gasteiger partial charge in [0.15, 0.2) is 14.9 Å². The van der Waals surface area contributed by atoms with E-state index in [1.807, 2.05) is 0 Å². The molecule has 9 heteroatoms. The third-order valence-corrected chi connectivity index (χ3v) is 4.53. The van der Waals surface area contributed by atoms with Crippen LogP contribution in [0.5, 0.6) is 0 Å². The molecule has 0 aliphatic heterocycles. The molecular weight excluding hydrogens is 254 g/mol. The summed E-state index contributed by atoms with van der Waals surface area (Å²) in [6.07, 6.45) is 2.59. The van der Waals surface area contributed by atoms with Crippen molar-refractivity contribution in [1.82, 2.24) is 9.97 Å². The van der Waals surface area contributed by atoms with Gasteiger partial charge in [0, 0.05) is 12.4 Å². The molecular formula is C7H11N3O4S2. The molecule has 0 atom stereocenters. The van der Waals surface area contributed by atoms with Crippen molar-refractivity contribution in [3.8, 4) is 0 Å². The maximum atomic E-state index is 11.7. The van der Waals surface area contributed by atoms with Crippen LogP contribution in [-0.2, 0) is 19.9 Å². The Labute approximate surface area is 93.7 Å². The van der Waals surface area contributed by atoms with Gasteiger partial charge in [-0.1, -0.05) is 0 Å². The molecule has 0 saturated heterocycles. The third kappa shape index (κ3) is 3.51. The van der Waals surface area contributed by atoms with Gasteiger partial charge in [-0.05, 0) is 6.92 Å². The lowest BCUT2D eigenvalue weighted by atomic mass is 10.5. The molecule has 0 bridgehead atoms. The zero-order valence-electron chi connectivity index (χ0n) is 8.49. The van der Waals surface area contributed by atoms with E-state index in [0.29, 0.717) is 0 Å². The van der Waals surface area contributed by atoms with Crippen LogP contribution in [0.4, 0.5) is 0 Å². The lowest BCUT2D eigenvalue weighted by molar-refractivity contribution is 0.585. The number of hydrogen-bond donors (Lipinski definition) is 1. The van der Waals surface area contributed by atoms with Crippen LogP contribution in [0.15, 0.2) is 17.4 Å². The molecule has 2 N–H and O–H groups in total. The Bertz CT molecular complexity index is 579. The number of aromatic nitrogens is 2. The molecule has 0 amide bonds. The molecule has 0 spiro atoms. The van der Waals surface area contributed by atoms with E-state index in [1.165, 1.54) is 19.3 Å². The van der Waals surface area contributed by atoms with Gasteiger partial charge in [-0.3, -0.25) is 4.98 Å². The maximum absolute atomic E-state index is 11.7. The third-order valence-electron chi connectivity index (χ3n) is 1.77. The van der Waals surface area contributed by atoms with Gasteiger partial charge in [-0.15, -0.1) is 0 Å². The molecule has 0 saturated carbocycles. The fourth-order valence-corrected chi connectivity index (χ4v) is 3.75. The van der Waals surface area contributed by atoms with E-state index in [2.05, 4.69) is 9.97 Å². The van der Waals surface area contributed by atoms with Crippen LogP contribution in [-0.4, -0.2) is 38.3 Å². The van der Waals surface area contributed by atoms with Crippen LogP contribution >= 0.6 is 0 Å². The first kappa shape index (κ1) is 13.0. The van der Waals surface area contributed by atoms with Crippen molar-refractivity contribution >= 4 is 19.9 Å². The Balaban J connectivity index is 3.01. The van der Waals surface area contributed by atoms with Gasteiger partial charge in [-0.25, -0.2) is 27.0 Å². The van der Waals surface area contributed by atoms with E-state index in [4.69, 9.17) is 5.14 Å². The Kier molecular flexibility index (Phi) is 3.61. The average Bonchev–Trinajstić information content (AvgIpc) is 2.14. The molecule has 0 radical (unpaired) electrons. The zero-order chi connectivity index (χ0) is 12.4. The SMILES string of the molecule is Cc1nccnc1S(=O)(=O)CCS(N)(=O)=O. The summed E-state index contributed by atoms with van der Waals surface area (Å²) in [5.74, 6) is -1.23. The van der Waals surface area contributed by atoms with Crippen LogP contribution in [0, 0.1) is 6.92 Å². The highest BCUT2D eigenvalue weighted by Crippen LogP contribution is 2.10. The van der Waals surface area contributed by atoms with Crippen molar-refractivity contribution in [2.45, 2.75) is 11.9 Å². The van der Waals surface area contributed by atoms with E-state index in [0.717, 1.165) is 0 Å². The average molecular weight is 265 g/mol. The van der Waals surface area contributed by atoms with E-state index >= 15 is 0 Å². The molecule has 0 fully saturated rings. The second kappa shape index (κ2) is 4.44. The molecule has 1 heterocycles. The number of rotatable bonds is 4. The second-order valence-electron chi connectivity index (χ2n) is 3.13. The minimum Gasteiger partial charge on any atom is -0.257 e. The van der Waals surface area contributed by atoms with Gasteiger partial charge in [-0.2, -0.15) is 0 Å². The first-order chi connectivity index (χ1) is 7.22. The Hall–Kier alpha value is -1.06. The second-order valence-corrected chi connectivity index (χ2v) is 6.89. The Morgan fingerprint density at radius 3 is 2.19 bits per heavy atom. The summed E-state index contributed by atoms with van der Waals surface area (Å²) in [6, 6.07) is 0. The molecule has 1 aromatic heterocycles. The first-order valence-corrected chi connectivity index (χ1v) is 7.60. The normalized spacial score (nSPS) is 12.6. The van der Waals surface area contributed by atoms with E-state index in [9.17, 15) is 16.8 Å². The van der Waals surface area contributed by atoms with Gasteiger partial charge >= 0.3 is 0 Å². The van der Waals surface area contributed by atoms with Crippen LogP contribution in [0.1, 0.15) is 5.69 Å². The predicted octanol–water partition coefficient (Wildman–Crippen LogP) is -1.15. The van der Waals surface area contributed by atoms with E-state index in [1.54, 1.807) is 0 Å². The summed E-state index contributed by atoms with van der Waals surface area (Å²) in [7, 11) is -7.56. The first-order valence-electron chi connectivity index (χ1n) is 4.23. The van der Waals surface area contributed by atoms with Crippen LogP contribution in [0.3, 0.4) is 0 Å². The molecule has 0 aliphatic carbocycles. The predicted molar refractivity (Wildman–Crippen MR) is 56.8 cm³/mol. The number of hydrogen-bond acceptors (Lipinski definition) is 6. The largest absolute Gasteiger partial charge is 0.257 e. The summed E-state index contributed by atoms with van der Waals surface area (Å²) in [6.45, 7) is 1.48. The van der Waals surface area contributed by atoms with Crippen molar-refractivity contribution in [3.63, 3.8) is 0 Å². The fraction of sp³-hybridized carbons (Fsp3) is 0.429. The van der Waals surface area contributed by atoms with Gasteiger partial charge in [0.1, 0.15) is 0 Å². The molecule has 90 valence electrons. The Morgan fingerprint density at radius 1 is 1.12 bits per heavy atom. The van der Waals surface area contributed by atoms with Crippen LogP contribution < -0.4 is 5.14 Å². The lowest BCUT2D eigenvalue weighted by Crippen LogP contribution is -2.24. The highest BCUT2D eigenvalue weighted by atomic mass is 32.2.